The van der Waals surface area contributed by atoms with E-state index in [1.807, 2.05) is 26.0 Å². The minimum atomic E-state index is 0.238. The molecule has 0 saturated carbocycles. The Hall–Kier alpha value is -2.54. The summed E-state index contributed by atoms with van der Waals surface area (Å²) in [6, 6.07) is 8.57. The van der Waals surface area contributed by atoms with Crippen LogP contribution in [0.5, 0.6) is 5.75 Å². The summed E-state index contributed by atoms with van der Waals surface area (Å²) in [6.45, 7) is 12.7. The molecule has 0 amide bonds. The van der Waals surface area contributed by atoms with E-state index in [1.54, 1.807) is 7.11 Å². The number of guanidine groups is 1. The van der Waals surface area contributed by atoms with E-state index in [4.69, 9.17) is 14.3 Å². The lowest BCUT2D eigenvalue weighted by Gasteiger charge is -2.30. The highest BCUT2D eigenvalue weighted by Gasteiger charge is 2.26. The molecule has 170 valence electrons. The molecule has 2 unspecified atom stereocenters. The van der Waals surface area contributed by atoms with Crippen molar-refractivity contribution < 1.29 is 9.26 Å². The van der Waals surface area contributed by atoms with Gasteiger partial charge in [-0.3, -0.25) is 9.89 Å². The Morgan fingerprint density at radius 3 is 2.61 bits per heavy atom. The summed E-state index contributed by atoms with van der Waals surface area (Å²) >= 11 is 0. The third-order valence-corrected chi connectivity index (χ3v) is 5.99. The number of aryl methyl sites for hydroxylation is 2. The predicted molar refractivity (Wildman–Crippen MR) is 125 cm³/mol. The molecule has 2 atom stereocenters. The Morgan fingerprint density at radius 2 is 1.97 bits per heavy atom. The second kappa shape index (κ2) is 11.2. The Bertz CT molecular complexity index is 838. The first-order chi connectivity index (χ1) is 15.0. The summed E-state index contributed by atoms with van der Waals surface area (Å²) in [5.74, 6) is 2.89. The van der Waals surface area contributed by atoms with Crippen molar-refractivity contribution in [2.45, 2.75) is 52.5 Å². The molecule has 31 heavy (non-hydrogen) atoms. The Labute approximate surface area is 186 Å². The van der Waals surface area contributed by atoms with Crippen LogP contribution >= 0.6 is 0 Å². The lowest BCUT2D eigenvalue weighted by molar-refractivity contribution is 0.239. The molecule has 1 aromatic carbocycles. The summed E-state index contributed by atoms with van der Waals surface area (Å²) in [5.41, 5.74) is 3.33. The van der Waals surface area contributed by atoms with Crippen LogP contribution in [0.15, 0.2) is 33.8 Å². The SMILES string of the molecule is CCNC(=NCC(C)c1c(C)noc1C)NCC(c1ccccc1OC)N1CCCC1. The molecule has 3 rings (SSSR count). The number of rotatable bonds is 9. The van der Waals surface area contributed by atoms with Crippen molar-refractivity contribution in [3.05, 3.63) is 46.8 Å². The maximum absolute atomic E-state index is 5.67. The van der Waals surface area contributed by atoms with Crippen LogP contribution in [-0.2, 0) is 0 Å². The van der Waals surface area contributed by atoms with Crippen LogP contribution in [0, 0.1) is 13.8 Å². The fourth-order valence-electron chi connectivity index (χ4n) is 4.48. The zero-order chi connectivity index (χ0) is 22.2. The van der Waals surface area contributed by atoms with E-state index in [-0.39, 0.29) is 12.0 Å². The van der Waals surface area contributed by atoms with Crippen molar-refractivity contribution in [2.75, 3.05) is 39.8 Å². The van der Waals surface area contributed by atoms with Gasteiger partial charge < -0.3 is 19.9 Å². The first kappa shape index (κ1) is 23.1. The van der Waals surface area contributed by atoms with Crippen molar-refractivity contribution >= 4 is 5.96 Å². The highest BCUT2D eigenvalue weighted by atomic mass is 16.5. The Balaban J connectivity index is 1.73. The number of likely N-dealkylation sites (tertiary alicyclic amines) is 1. The number of aromatic nitrogens is 1. The van der Waals surface area contributed by atoms with Crippen molar-refractivity contribution in [2.24, 2.45) is 4.99 Å². The first-order valence-corrected chi connectivity index (χ1v) is 11.4. The van der Waals surface area contributed by atoms with Crippen molar-refractivity contribution in [1.29, 1.82) is 0 Å². The molecular weight excluding hydrogens is 390 g/mol. The quantitative estimate of drug-likeness (QED) is 0.468. The van der Waals surface area contributed by atoms with Gasteiger partial charge in [0.15, 0.2) is 5.96 Å². The van der Waals surface area contributed by atoms with Gasteiger partial charge in [0.05, 0.1) is 18.8 Å². The molecule has 2 aromatic rings. The van der Waals surface area contributed by atoms with Crippen LogP contribution in [0.4, 0.5) is 0 Å². The number of benzene rings is 1. The summed E-state index contributed by atoms with van der Waals surface area (Å²) < 4.78 is 11.0. The van der Waals surface area contributed by atoms with Crippen LogP contribution in [0.2, 0.25) is 0 Å². The van der Waals surface area contributed by atoms with E-state index in [0.29, 0.717) is 6.54 Å². The number of hydrogen-bond acceptors (Lipinski definition) is 5. The zero-order valence-corrected chi connectivity index (χ0v) is 19.6. The molecule has 1 saturated heterocycles. The van der Waals surface area contributed by atoms with Crippen LogP contribution in [0.25, 0.3) is 0 Å². The first-order valence-electron chi connectivity index (χ1n) is 11.4. The zero-order valence-electron chi connectivity index (χ0n) is 19.6. The molecular formula is C24H37N5O2. The van der Waals surface area contributed by atoms with Crippen molar-refractivity contribution in [3.8, 4) is 5.75 Å². The predicted octanol–water partition coefficient (Wildman–Crippen LogP) is 3.80. The highest BCUT2D eigenvalue weighted by Crippen LogP contribution is 2.31. The van der Waals surface area contributed by atoms with E-state index in [2.05, 4.69) is 46.7 Å². The smallest absolute Gasteiger partial charge is 0.191 e. The van der Waals surface area contributed by atoms with E-state index in [9.17, 15) is 0 Å². The van der Waals surface area contributed by atoms with Gasteiger partial charge in [0.25, 0.3) is 0 Å². The van der Waals surface area contributed by atoms with E-state index >= 15 is 0 Å². The number of ether oxygens (including phenoxy) is 1. The lowest BCUT2D eigenvalue weighted by Crippen LogP contribution is -2.43. The molecule has 7 heteroatoms. The molecule has 0 spiro atoms. The van der Waals surface area contributed by atoms with Crippen LogP contribution in [-0.4, -0.2) is 55.8 Å². The molecule has 0 bridgehead atoms. The molecule has 1 aliphatic rings. The average molecular weight is 428 g/mol. The molecule has 1 fully saturated rings. The minimum Gasteiger partial charge on any atom is -0.496 e. The van der Waals surface area contributed by atoms with Gasteiger partial charge in [0.2, 0.25) is 0 Å². The van der Waals surface area contributed by atoms with E-state index < -0.39 is 0 Å². The highest BCUT2D eigenvalue weighted by molar-refractivity contribution is 5.79. The number of hydrogen-bond donors (Lipinski definition) is 2. The second-order valence-corrected chi connectivity index (χ2v) is 8.24. The second-order valence-electron chi connectivity index (χ2n) is 8.24. The summed E-state index contributed by atoms with van der Waals surface area (Å²) in [4.78, 5) is 7.40. The monoisotopic (exact) mass is 427 g/mol. The fraction of sp³-hybridized carbons (Fsp3) is 0.583. The topological polar surface area (TPSA) is 74.9 Å². The largest absolute Gasteiger partial charge is 0.496 e. The Kier molecular flexibility index (Phi) is 8.35. The maximum Gasteiger partial charge on any atom is 0.191 e. The summed E-state index contributed by atoms with van der Waals surface area (Å²) in [6.07, 6.45) is 2.49. The number of para-hydroxylation sites is 1. The number of methoxy groups -OCH3 is 1. The molecule has 1 aromatic heterocycles. The van der Waals surface area contributed by atoms with Gasteiger partial charge in [-0.2, -0.15) is 0 Å². The van der Waals surface area contributed by atoms with E-state index in [0.717, 1.165) is 54.9 Å². The molecule has 2 N–H and O–H groups in total. The Morgan fingerprint density at radius 1 is 1.23 bits per heavy atom. The van der Waals surface area contributed by atoms with Crippen molar-refractivity contribution in [3.63, 3.8) is 0 Å². The van der Waals surface area contributed by atoms with Crippen LogP contribution in [0.3, 0.4) is 0 Å². The van der Waals surface area contributed by atoms with Crippen LogP contribution < -0.4 is 15.4 Å². The van der Waals surface area contributed by atoms with E-state index in [1.165, 1.54) is 18.4 Å². The third-order valence-electron chi connectivity index (χ3n) is 5.99. The van der Waals surface area contributed by atoms with Gasteiger partial charge in [0, 0.05) is 36.7 Å². The fourth-order valence-corrected chi connectivity index (χ4v) is 4.48. The summed E-state index contributed by atoms with van der Waals surface area (Å²) in [7, 11) is 1.74. The standard InChI is InChI=1S/C24H37N5O2/c1-6-25-24(26-15-17(2)23-18(3)28-31-19(23)4)27-16-21(29-13-9-10-14-29)20-11-7-8-12-22(20)30-5/h7-8,11-12,17,21H,6,9-10,13-16H2,1-5H3,(H2,25,26,27). The van der Waals surface area contributed by atoms with Gasteiger partial charge in [-0.05, 0) is 52.8 Å². The number of nitrogens with one attached hydrogen (secondary N) is 2. The molecule has 7 nitrogen and oxygen atoms in total. The summed E-state index contributed by atoms with van der Waals surface area (Å²) in [5, 5.41) is 11.1. The lowest BCUT2D eigenvalue weighted by atomic mass is 10.00. The number of nitrogens with zero attached hydrogens (tertiary/aromatic N) is 3. The molecule has 0 radical (unpaired) electrons. The van der Waals surface area contributed by atoms with Gasteiger partial charge in [-0.1, -0.05) is 30.3 Å². The van der Waals surface area contributed by atoms with Gasteiger partial charge in [-0.15, -0.1) is 0 Å². The maximum atomic E-state index is 5.67. The number of aliphatic imine (C=N–C) groups is 1. The van der Waals surface area contributed by atoms with Crippen LogP contribution in [0.1, 0.15) is 61.2 Å². The van der Waals surface area contributed by atoms with Gasteiger partial charge in [-0.25, -0.2) is 0 Å². The molecule has 1 aliphatic heterocycles. The average Bonchev–Trinajstić information content (AvgIpc) is 3.42. The third kappa shape index (κ3) is 5.79. The van der Waals surface area contributed by atoms with Gasteiger partial charge in [0.1, 0.15) is 11.5 Å². The van der Waals surface area contributed by atoms with Gasteiger partial charge >= 0.3 is 0 Å². The minimum absolute atomic E-state index is 0.238. The van der Waals surface area contributed by atoms with Crippen molar-refractivity contribution in [1.82, 2.24) is 20.7 Å². The molecule has 0 aliphatic carbocycles. The molecule has 2 heterocycles. The normalized spacial score (nSPS) is 16.9.